The van der Waals surface area contributed by atoms with Crippen molar-refractivity contribution < 1.29 is 20.4 Å². The Morgan fingerprint density at radius 2 is 0.759 bits per heavy atom. The maximum Gasteiger partial charge on any atom is 0.119 e. The predicted molar refractivity (Wildman–Crippen MR) is 226 cm³/mol. The number of benzene rings is 4. The molecule has 0 aromatic heterocycles. The quantitative estimate of drug-likeness (QED) is 0.131. The van der Waals surface area contributed by atoms with Crippen LogP contribution in [0.3, 0.4) is 0 Å². The molecule has 2 atom stereocenters. The molecule has 0 saturated heterocycles. The molecule has 0 heterocycles. The molecular weight excluding hydrogens is 665 g/mol. The Hall–Kier alpha value is -3.92. The predicted octanol–water partition coefficient (Wildman–Crippen LogP) is 14.0. The molecule has 0 amide bonds. The number of phenolic OH excluding ortho intramolecular Hbond substituents is 4. The summed E-state index contributed by atoms with van der Waals surface area (Å²) in [6.45, 7) is 17.5. The van der Waals surface area contributed by atoms with Crippen molar-refractivity contribution in [3.63, 3.8) is 0 Å². The zero-order valence-corrected chi connectivity index (χ0v) is 34.5. The van der Waals surface area contributed by atoms with Crippen LogP contribution >= 0.6 is 0 Å². The normalized spacial score (nSPS) is 17.0. The summed E-state index contributed by atoms with van der Waals surface area (Å²) >= 11 is 0. The molecular formula is C50H68O4. The zero-order valence-electron chi connectivity index (χ0n) is 34.5. The van der Waals surface area contributed by atoms with Gasteiger partial charge in [-0.25, -0.2) is 0 Å². The molecule has 2 saturated carbocycles. The number of phenols is 4. The highest BCUT2D eigenvalue weighted by atomic mass is 16.3. The second kappa shape index (κ2) is 17.7. The highest BCUT2D eigenvalue weighted by Crippen LogP contribution is 2.44. The van der Waals surface area contributed by atoms with E-state index in [4.69, 9.17) is 0 Å². The molecule has 292 valence electrons. The second-order valence-corrected chi connectivity index (χ2v) is 17.6. The van der Waals surface area contributed by atoms with E-state index in [9.17, 15) is 20.4 Å². The first-order chi connectivity index (χ1) is 25.7. The monoisotopic (exact) mass is 733 g/mol. The van der Waals surface area contributed by atoms with E-state index in [2.05, 4.69) is 91.8 Å². The van der Waals surface area contributed by atoms with E-state index in [-0.39, 0.29) is 10.8 Å². The van der Waals surface area contributed by atoms with Crippen molar-refractivity contribution in [3.05, 3.63) is 117 Å². The average molecular weight is 733 g/mol. The fourth-order valence-corrected chi connectivity index (χ4v) is 8.82. The van der Waals surface area contributed by atoms with E-state index in [0.717, 1.165) is 35.1 Å². The van der Waals surface area contributed by atoms with Crippen molar-refractivity contribution in [3.8, 4) is 23.0 Å². The van der Waals surface area contributed by atoms with E-state index >= 15 is 0 Å². The Bertz CT molecular complexity index is 1710. The van der Waals surface area contributed by atoms with Crippen LogP contribution in [0.15, 0.2) is 72.8 Å². The smallest absolute Gasteiger partial charge is 0.119 e. The van der Waals surface area contributed by atoms with Crippen molar-refractivity contribution in [1.82, 2.24) is 0 Å². The molecule has 4 aromatic rings. The zero-order chi connectivity index (χ0) is 39.2. The van der Waals surface area contributed by atoms with Gasteiger partial charge in [-0.1, -0.05) is 142 Å². The van der Waals surface area contributed by atoms with Gasteiger partial charge < -0.3 is 20.4 Å². The minimum Gasteiger partial charge on any atom is -0.508 e. The molecule has 0 spiro atoms. The molecule has 4 heteroatoms. The third-order valence-corrected chi connectivity index (χ3v) is 13.4. The summed E-state index contributed by atoms with van der Waals surface area (Å²) in [4.78, 5) is 0. The number of hydrogen-bond donors (Lipinski definition) is 4. The lowest BCUT2D eigenvalue weighted by Gasteiger charge is -2.31. The lowest BCUT2D eigenvalue weighted by molar-refractivity contribution is 0.412. The first kappa shape index (κ1) is 41.2. The van der Waals surface area contributed by atoms with Crippen molar-refractivity contribution in [2.45, 2.75) is 167 Å². The van der Waals surface area contributed by atoms with Crippen molar-refractivity contribution >= 4 is 0 Å². The van der Waals surface area contributed by atoms with Crippen LogP contribution in [0, 0.1) is 0 Å². The highest BCUT2D eigenvalue weighted by Gasteiger charge is 2.29. The Labute approximate surface area is 326 Å². The molecule has 2 aliphatic rings. The van der Waals surface area contributed by atoms with Gasteiger partial charge in [0, 0.05) is 10.8 Å². The van der Waals surface area contributed by atoms with Crippen LogP contribution in [-0.2, 0) is 10.8 Å². The van der Waals surface area contributed by atoms with Crippen molar-refractivity contribution in [1.29, 1.82) is 0 Å². The van der Waals surface area contributed by atoms with E-state index in [1.54, 1.807) is 0 Å². The number of rotatable bonds is 10. The van der Waals surface area contributed by atoms with Gasteiger partial charge in [-0.05, 0) is 131 Å². The fraction of sp³-hybridized carbons (Fsp3) is 0.520. The Balaban J connectivity index is 0.000000210. The third-order valence-electron chi connectivity index (χ3n) is 13.4. The third kappa shape index (κ3) is 9.12. The van der Waals surface area contributed by atoms with Crippen molar-refractivity contribution in [2.24, 2.45) is 0 Å². The van der Waals surface area contributed by atoms with E-state index in [0.29, 0.717) is 46.7 Å². The number of hydrogen-bond acceptors (Lipinski definition) is 4. The van der Waals surface area contributed by atoms with E-state index in [1.807, 2.05) is 36.4 Å². The molecule has 4 nitrogen and oxygen atoms in total. The van der Waals surface area contributed by atoms with Gasteiger partial charge in [0.25, 0.3) is 0 Å². The Kier molecular flexibility index (Phi) is 13.5. The summed E-state index contributed by atoms with van der Waals surface area (Å²) < 4.78 is 0. The first-order valence-electron chi connectivity index (χ1n) is 21.0. The Morgan fingerprint density at radius 3 is 1.07 bits per heavy atom. The Morgan fingerprint density at radius 1 is 0.463 bits per heavy atom. The summed E-state index contributed by atoms with van der Waals surface area (Å²) in [6.07, 6.45) is 14.4. The van der Waals surface area contributed by atoms with Gasteiger partial charge in [0.1, 0.15) is 23.0 Å². The van der Waals surface area contributed by atoms with Crippen LogP contribution in [0.2, 0.25) is 0 Å². The van der Waals surface area contributed by atoms with Crippen LogP contribution in [0.1, 0.15) is 201 Å². The lowest BCUT2D eigenvalue weighted by Crippen LogP contribution is -2.20. The fourth-order valence-electron chi connectivity index (χ4n) is 8.82. The van der Waals surface area contributed by atoms with Gasteiger partial charge in [0.15, 0.2) is 0 Å². The molecule has 4 aromatic carbocycles. The average Bonchev–Trinajstić information content (AvgIpc) is 3.18. The largest absolute Gasteiger partial charge is 0.508 e. The van der Waals surface area contributed by atoms with Gasteiger partial charge in [-0.15, -0.1) is 0 Å². The topological polar surface area (TPSA) is 80.9 Å². The summed E-state index contributed by atoms with van der Waals surface area (Å²) in [5.41, 5.74) is 8.75. The highest BCUT2D eigenvalue weighted by molar-refractivity contribution is 5.50. The summed E-state index contributed by atoms with van der Waals surface area (Å²) in [5, 5.41) is 41.5. The molecule has 0 bridgehead atoms. The molecule has 54 heavy (non-hydrogen) atoms. The van der Waals surface area contributed by atoms with E-state index < -0.39 is 0 Å². The van der Waals surface area contributed by atoms with Gasteiger partial charge in [-0.2, -0.15) is 0 Å². The molecule has 4 N–H and O–H groups in total. The SMILES string of the molecule is CC(C)(c1ccc(O)c(C2CCCCC2)c1)c1ccc(O)c(C2CCCCC2)c1.CCC(C)c1cc(C(C)(C)c2ccc(O)c(C(C)CC)c2)ccc1O. The standard InChI is InChI=1S/C27H36O2.C23H32O2/c1-27(2,21-13-15-25(28)23(17-21)19-9-5-3-6-10-19)22-14-16-26(29)24(18-22)20-11-7-4-8-12-20;1-7-15(3)19-13-17(9-11-21(19)24)23(5,6)18-10-12-22(25)20(14-18)16(4)8-2/h13-20,28-29H,3-12H2,1-2H3;9-16,24-25H,7-8H2,1-6H3. The van der Waals surface area contributed by atoms with Crippen LogP contribution in [0.5, 0.6) is 23.0 Å². The van der Waals surface area contributed by atoms with Crippen LogP contribution in [-0.4, -0.2) is 20.4 Å². The van der Waals surface area contributed by atoms with Gasteiger partial charge >= 0.3 is 0 Å². The molecule has 2 unspecified atom stereocenters. The van der Waals surface area contributed by atoms with Crippen LogP contribution < -0.4 is 0 Å². The van der Waals surface area contributed by atoms with E-state index in [1.165, 1.54) is 86.5 Å². The minimum absolute atomic E-state index is 0.172. The summed E-state index contributed by atoms with van der Waals surface area (Å²) in [7, 11) is 0. The minimum atomic E-state index is -0.203. The summed E-state index contributed by atoms with van der Waals surface area (Å²) in [5.74, 6) is 3.27. The molecule has 2 aliphatic carbocycles. The first-order valence-corrected chi connectivity index (χ1v) is 21.0. The van der Waals surface area contributed by atoms with Gasteiger partial charge in [0.2, 0.25) is 0 Å². The lowest BCUT2D eigenvalue weighted by atomic mass is 9.74. The molecule has 0 radical (unpaired) electrons. The summed E-state index contributed by atoms with van der Waals surface area (Å²) in [6, 6.07) is 24.4. The maximum absolute atomic E-state index is 10.5. The molecule has 0 aliphatic heterocycles. The number of aromatic hydroxyl groups is 4. The molecule has 2 fully saturated rings. The molecule has 6 rings (SSSR count). The second-order valence-electron chi connectivity index (χ2n) is 17.6. The van der Waals surface area contributed by atoms with Crippen LogP contribution in [0.4, 0.5) is 0 Å². The van der Waals surface area contributed by atoms with Crippen molar-refractivity contribution in [2.75, 3.05) is 0 Å². The van der Waals surface area contributed by atoms with Gasteiger partial charge in [-0.3, -0.25) is 0 Å². The van der Waals surface area contributed by atoms with Crippen LogP contribution in [0.25, 0.3) is 0 Å². The van der Waals surface area contributed by atoms with Gasteiger partial charge in [0.05, 0.1) is 0 Å². The maximum atomic E-state index is 10.5.